The molecule has 3 unspecified atom stereocenters. The molecule has 0 aliphatic heterocycles. The number of amides is 1. The molecule has 1 fully saturated rings. The molecule has 0 heterocycles. The number of primary amides is 1. The molecule has 9 heteroatoms. The van der Waals surface area contributed by atoms with Crippen LogP contribution in [0.25, 0.3) is 5.76 Å². The third-order valence-electron chi connectivity index (χ3n) is 7.70. The van der Waals surface area contributed by atoms with Crippen LogP contribution < -0.4 is 5.73 Å². The van der Waals surface area contributed by atoms with Crippen molar-refractivity contribution in [3.05, 3.63) is 81.1 Å². The van der Waals surface area contributed by atoms with Crippen molar-refractivity contribution in [3.8, 4) is 17.6 Å². The van der Waals surface area contributed by atoms with Crippen LogP contribution in [0.1, 0.15) is 47.6 Å². The molecule has 2 aromatic rings. The van der Waals surface area contributed by atoms with Crippen LogP contribution in [0.15, 0.2) is 53.3 Å². The number of carbonyl (C=O) groups is 4. The Bertz CT molecular complexity index is 1600. The quantitative estimate of drug-likeness (QED) is 0.297. The highest BCUT2D eigenvalue weighted by Gasteiger charge is 2.60. The number of benzene rings is 2. The van der Waals surface area contributed by atoms with Gasteiger partial charge in [-0.25, -0.2) is 0 Å². The van der Waals surface area contributed by atoms with Crippen LogP contribution in [-0.2, 0) is 32.0 Å². The summed E-state index contributed by atoms with van der Waals surface area (Å²) in [5, 5.41) is 43.7. The van der Waals surface area contributed by atoms with Gasteiger partial charge in [-0.15, -0.1) is 0 Å². The molecular weight excluding hydrogens is 502 g/mol. The molecule has 1 saturated carbocycles. The summed E-state index contributed by atoms with van der Waals surface area (Å²) in [7, 11) is 0. The van der Waals surface area contributed by atoms with Gasteiger partial charge in [-0.2, -0.15) is 0 Å². The lowest BCUT2D eigenvalue weighted by Gasteiger charge is -2.46. The lowest BCUT2D eigenvalue weighted by Crippen LogP contribution is -2.58. The largest absolute Gasteiger partial charge is 0.508 e. The van der Waals surface area contributed by atoms with Crippen molar-refractivity contribution in [2.75, 3.05) is 0 Å². The number of Topliss-reactive ketones (excluding diaryl/α,β-unsaturated/α-hetero) is 3. The number of aromatic hydroxyl groups is 1. The third-order valence-corrected chi connectivity index (χ3v) is 7.70. The number of fused-ring (bicyclic) bond motifs is 3. The molecule has 198 valence electrons. The van der Waals surface area contributed by atoms with Crippen molar-refractivity contribution in [2.24, 2.45) is 17.6 Å². The Morgan fingerprint density at radius 1 is 1.03 bits per heavy atom. The van der Waals surface area contributed by atoms with Gasteiger partial charge in [0.15, 0.2) is 11.4 Å². The summed E-state index contributed by atoms with van der Waals surface area (Å²) >= 11 is 0. The molecule has 3 atom stereocenters. The number of carbonyl (C=O) groups excluding carboxylic acids is 4. The predicted molar refractivity (Wildman–Crippen MR) is 138 cm³/mol. The zero-order chi connectivity index (χ0) is 28.2. The van der Waals surface area contributed by atoms with E-state index in [0.29, 0.717) is 23.1 Å². The van der Waals surface area contributed by atoms with Crippen molar-refractivity contribution in [1.29, 1.82) is 0 Å². The number of aliphatic hydroxyl groups is 3. The van der Waals surface area contributed by atoms with Crippen LogP contribution in [0.5, 0.6) is 5.75 Å². The molecule has 0 bridgehead atoms. The molecule has 39 heavy (non-hydrogen) atoms. The fraction of sp³-hybridized carbons (Fsp3) is 0.267. The van der Waals surface area contributed by atoms with Gasteiger partial charge in [0, 0.05) is 35.5 Å². The van der Waals surface area contributed by atoms with E-state index in [1.807, 2.05) is 12.1 Å². The molecule has 3 aliphatic carbocycles. The van der Waals surface area contributed by atoms with E-state index < -0.39 is 52.0 Å². The molecule has 2 aromatic carbocycles. The fourth-order valence-corrected chi connectivity index (χ4v) is 5.87. The van der Waals surface area contributed by atoms with Gasteiger partial charge in [0.25, 0.3) is 5.91 Å². The molecule has 6 N–H and O–H groups in total. The molecule has 0 radical (unpaired) electrons. The second-order valence-corrected chi connectivity index (χ2v) is 10.2. The van der Waals surface area contributed by atoms with E-state index in [1.54, 1.807) is 18.2 Å². The normalized spacial score (nSPS) is 23.8. The first-order valence-corrected chi connectivity index (χ1v) is 12.4. The SMILES string of the molecule is CC(=O)Cc1ccc(C#Cc2ccc(O)c3c2CC2CC4CC(=O)C(C(N)=O)=C(O)C4(O)C(=O)C2=C3O)cc1. The second-order valence-electron chi connectivity index (χ2n) is 10.2. The van der Waals surface area contributed by atoms with E-state index in [2.05, 4.69) is 11.8 Å². The molecular formula is C30H25NO8. The number of aliphatic hydroxyl groups excluding tert-OH is 2. The maximum atomic E-state index is 13.6. The minimum absolute atomic E-state index is 0.00858. The van der Waals surface area contributed by atoms with Gasteiger partial charge in [-0.3, -0.25) is 19.2 Å². The van der Waals surface area contributed by atoms with E-state index in [9.17, 15) is 39.6 Å². The average Bonchev–Trinajstić information content (AvgIpc) is 2.86. The Hall–Kier alpha value is -4.68. The highest BCUT2D eigenvalue weighted by Crippen LogP contribution is 2.52. The Morgan fingerprint density at radius 3 is 2.36 bits per heavy atom. The monoisotopic (exact) mass is 527 g/mol. The molecule has 0 spiro atoms. The first kappa shape index (κ1) is 25.9. The average molecular weight is 528 g/mol. The summed E-state index contributed by atoms with van der Waals surface area (Å²) in [5.74, 6) is -0.582. The highest BCUT2D eigenvalue weighted by molar-refractivity contribution is 6.22. The number of hydrogen-bond donors (Lipinski definition) is 5. The van der Waals surface area contributed by atoms with Crippen LogP contribution in [0.3, 0.4) is 0 Å². The van der Waals surface area contributed by atoms with Gasteiger partial charge in [0.1, 0.15) is 28.6 Å². The van der Waals surface area contributed by atoms with E-state index in [4.69, 9.17) is 5.73 Å². The van der Waals surface area contributed by atoms with Crippen molar-refractivity contribution < 1.29 is 39.6 Å². The first-order valence-electron chi connectivity index (χ1n) is 12.4. The maximum Gasteiger partial charge on any atom is 0.255 e. The highest BCUT2D eigenvalue weighted by atomic mass is 16.3. The summed E-state index contributed by atoms with van der Waals surface area (Å²) in [6, 6.07) is 10.1. The number of nitrogens with two attached hydrogens (primary N) is 1. The molecule has 3 aliphatic rings. The minimum Gasteiger partial charge on any atom is -0.508 e. The van der Waals surface area contributed by atoms with Crippen molar-refractivity contribution in [1.82, 2.24) is 0 Å². The number of hydrogen-bond acceptors (Lipinski definition) is 8. The Morgan fingerprint density at radius 2 is 1.72 bits per heavy atom. The van der Waals surface area contributed by atoms with E-state index in [-0.39, 0.29) is 41.9 Å². The van der Waals surface area contributed by atoms with E-state index in [1.165, 1.54) is 13.0 Å². The van der Waals surface area contributed by atoms with Crippen molar-refractivity contribution in [2.45, 2.75) is 38.2 Å². The Labute approximate surface area is 223 Å². The number of phenolic OH excluding ortho intramolecular Hbond substituents is 1. The minimum atomic E-state index is -2.60. The van der Waals surface area contributed by atoms with Gasteiger partial charge < -0.3 is 26.2 Å². The van der Waals surface area contributed by atoms with Gasteiger partial charge in [-0.1, -0.05) is 24.0 Å². The fourth-order valence-electron chi connectivity index (χ4n) is 5.87. The summed E-state index contributed by atoms with van der Waals surface area (Å²) < 4.78 is 0. The lowest BCUT2D eigenvalue weighted by molar-refractivity contribution is -0.147. The van der Waals surface area contributed by atoms with Crippen LogP contribution in [-0.4, -0.2) is 49.3 Å². The Kier molecular flexibility index (Phi) is 6.16. The van der Waals surface area contributed by atoms with Gasteiger partial charge in [0.2, 0.25) is 5.78 Å². The molecule has 0 aromatic heterocycles. The van der Waals surface area contributed by atoms with Gasteiger partial charge in [0.05, 0.1) is 5.56 Å². The third kappa shape index (κ3) is 4.10. The van der Waals surface area contributed by atoms with Crippen LogP contribution in [0.4, 0.5) is 0 Å². The van der Waals surface area contributed by atoms with Crippen LogP contribution in [0.2, 0.25) is 0 Å². The zero-order valence-electron chi connectivity index (χ0n) is 20.9. The van der Waals surface area contributed by atoms with Crippen LogP contribution >= 0.6 is 0 Å². The maximum absolute atomic E-state index is 13.6. The summed E-state index contributed by atoms with van der Waals surface area (Å²) in [6.07, 6.45) is 0.161. The zero-order valence-corrected chi connectivity index (χ0v) is 20.9. The Balaban J connectivity index is 1.57. The van der Waals surface area contributed by atoms with E-state index in [0.717, 1.165) is 5.56 Å². The van der Waals surface area contributed by atoms with Crippen molar-refractivity contribution >= 4 is 29.0 Å². The lowest BCUT2D eigenvalue weighted by atomic mass is 9.59. The standard InChI is InChI=1S/C30H25NO8/c1-14(32)10-16-4-2-15(3-5-16)6-7-17-8-9-21(33)24-20(17)12-18-11-19-13-22(34)25(29(31)38)28(37)30(19,39)27(36)23(18)26(24)35/h2-5,8-9,18-19,33,35,37,39H,10-13H2,1H3,(H2,31,38). The smallest absolute Gasteiger partial charge is 0.255 e. The van der Waals surface area contributed by atoms with E-state index >= 15 is 0 Å². The topological polar surface area (TPSA) is 175 Å². The predicted octanol–water partition coefficient (Wildman–Crippen LogP) is 1.96. The summed E-state index contributed by atoms with van der Waals surface area (Å²) in [5.41, 5.74) is 4.13. The second kappa shape index (κ2) is 9.26. The molecule has 0 saturated heterocycles. The number of phenols is 1. The van der Waals surface area contributed by atoms with Crippen LogP contribution in [0, 0.1) is 23.7 Å². The first-order chi connectivity index (χ1) is 18.4. The summed E-state index contributed by atoms with van der Waals surface area (Å²) in [6.45, 7) is 1.52. The molecule has 9 nitrogen and oxygen atoms in total. The summed E-state index contributed by atoms with van der Waals surface area (Å²) in [4.78, 5) is 49.1. The molecule has 1 amide bonds. The van der Waals surface area contributed by atoms with Gasteiger partial charge >= 0.3 is 0 Å². The van der Waals surface area contributed by atoms with Crippen molar-refractivity contribution in [3.63, 3.8) is 0 Å². The van der Waals surface area contributed by atoms with Gasteiger partial charge in [-0.05, 0) is 61.1 Å². The molecule has 5 rings (SSSR count). The number of rotatable bonds is 3. The number of ketones is 3.